The molecule has 1 aromatic heterocycles. The SMILES string of the molecule is COc1cc2c(cc1OC)-c1c3ccccc3cc(-c3ccccc3OC)[n+]1CC2. The van der Waals surface area contributed by atoms with Gasteiger partial charge in [-0.2, -0.15) is 4.57 Å². The quantitative estimate of drug-likeness (QED) is 0.451. The molecule has 4 heteroatoms. The number of rotatable bonds is 4. The predicted molar refractivity (Wildman–Crippen MR) is 118 cm³/mol. The van der Waals surface area contributed by atoms with E-state index in [9.17, 15) is 0 Å². The zero-order valence-corrected chi connectivity index (χ0v) is 17.4. The van der Waals surface area contributed by atoms with Gasteiger partial charge in [0.05, 0.1) is 37.8 Å². The Morgan fingerprint density at radius 1 is 0.700 bits per heavy atom. The Balaban J connectivity index is 1.87. The van der Waals surface area contributed by atoms with Gasteiger partial charge in [-0.05, 0) is 41.3 Å². The molecule has 2 heterocycles. The van der Waals surface area contributed by atoms with Gasteiger partial charge in [0, 0.05) is 12.5 Å². The molecular weight excluding hydrogens is 374 g/mol. The van der Waals surface area contributed by atoms with Crippen molar-refractivity contribution < 1.29 is 18.8 Å². The highest BCUT2D eigenvalue weighted by Gasteiger charge is 2.31. The van der Waals surface area contributed by atoms with Gasteiger partial charge in [0.25, 0.3) is 0 Å². The van der Waals surface area contributed by atoms with E-state index in [1.54, 1.807) is 21.3 Å². The lowest BCUT2D eigenvalue weighted by Crippen LogP contribution is -2.42. The van der Waals surface area contributed by atoms with Crippen LogP contribution in [0.5, 0.6) is 17.2 Å². The van der Waals surface area contributed by atoms with Crippen molar-refractivity contribution in [3.8, 4) is 39.8 Å². The Morgan fingerprint density at radius 3 is 2.20 bits per heavy atom. The van der Waals surface area contributed by atoms with Crippen molar-refractivity contribution >= 4 is 10.8 Å². The average molecular weight is 398 g/mol. The molecule has 0 aliphatic carbocycles. The van der Waals surface area contributed by atoms with Gasteiger partial charge in [-0.3, -0.25) is 0 Å². The molecule has 0 radical (unpaired) electrons. The van der Waals surface area contributed by atoms with E-state index in [0.717, 1.165) is 41.5 Å². The van der Waals surface area contributed by atoms with Gasteiger partial charge < -0.3 is 14.2 Å². The molecule has 4 aromatic rings. The summed E-state index contributed by atoms with van der Waals surface area (Å²) in [4.78, 5) is 0. The van der Waals surface area contributed by atoms with Gasteiger partial charge in [-0.25, -0.2) is 0 Å². The Labute approximate surface area is 176 Å². The first-order chi connectivity index (χ1) is 14.7. The van der Waals surface area contributed by atoms with Gasteiger partial charge in [0.15, 0.2) is 18.0 Å². The van der Waals surface area contributed by atoms with Crippen LogP contribution < -0.4 is 18.8 Å². The van der Waals surface area contributed by atoms with Crippen molar-refractivity contribution in [1.82, 2.24) is 0 Å². The van der Waals surface area contributed by atoms with Gasteiger partial charge in [0.2, 0.25) is 11.4 Å². The summed E-state index contributed by atoms with van der Waals surface area (Å²) >= 11 is 0. The third-order valence-corrected chi connectivity index (χ3v) is 5.92. The standard InChI is InChI=1S/C26H24NO3/c1-28-23-11-7-6-10-20(23)22-14-17-8-4-5-9-19(17)26-21-16-25(30-3)24(29-2)15-18(21)12-13-27(22)26/h4-11,14-16H,12-13H2,1-3H3/q+1. The normalized spacial score (nSPS) is 12.2. The van der Waals surface area contributed by atoms with E-state index < -0.39 is 0 Å². The maximum atomic E-state index is 5.69. The summed E-state index contributed by atoms with van der Waals surface area (Å²) in [5.41, 5.74) is 5.91. The van der Waals surface area contributed by atoms with Crippen molar-refractivity contribution in [2.24, 2.45) is 0 Å². The summed E-state index contributed by atoms with van der Waals surface area (Å²) in [7, 11) is 5.10. The summed E-state index contributed by atoms with van der Waals surface area (Å²) in [5, 5.41) is 2.43. The lowest BCUT2D eigenvalue weighted by molar-refractivity contribution is -0.675. The second-order valence-corrected chi connectivity index (χ2v) is 7.43. The van der Waals surface area contributed by atoms with E-state index in [-0.39, 0.29) is 0 Å². The van der Waals surface area contributed by atoms with E-state index in [1.165, 1.54) is 27.6 Å². The van der Waals surface area contributed by atoms with Gasteiger partial charge in [0.1, 0.15) is 5.75 Å². The first-order valence-corrected chi connectivity index (χ1v) is 10.1. The maximum absolute atomic E-state index is 5.69. The fourth-order valence-corrected chi connectivity index (χ4v) is 4.51. The number of methoxy groups -OCH3 is 3. The zero-order valence-electron chi connectivity index (χ0n) is 17.4. The molecule has 0 saturated heterocycles. The Bertz CT molecular complexity index is 1260. The van der Waals surface area contributed by atoms with Crippen LogP contribution in [0, 0.1) is 0 Å². The molecule has 0 atom stereocenters. The van der Waals surface area contributed by atoms with Crippen LogP contribution in [0.3, 0.4) is 0 Å². The molecule has 0 amide bonds. The number of aryl methyl sites for hydroxylation is 1. The van der Waals surface area contributed by atoms with E-state index in [1.807, 2.05) is 12.1 Å². The van der Waals surface area contributed by atoms with Crippen molar-refractivity contribution in [3.05, 3.63) is 72.3 Å². The highest BCUT2D eigenvalue weighted by atomic mass is 16.5. The zero-order chi connectivity index (χ0) is 20.7. The molecule has 150 valence electrons. The van der Waals surface area contributed by atoms with E-state index in [2.05, 4.69) is 59.2 Å². The lowest BCUT2D eigenvalue weighted by atomic mass is 9.91. The summed E-state index contributed by atoms with van der Waals surface area (Å²) in [6, 6.07) is 23.2. The monoisotopic (exact) mass is 398 g/mol. The highest BCUT2D eigenvalue weighted by Crippen LogP contribution is 2.41. The molecule has 1 aliphatic rings. The van der Waals surface area contributed by atoms with Crippen LogP contribution in [-0.2, 0) is 13.0 Å². The molecule has 0 bridgehead atoms. The van der Waals surface area contributed by atoms with Crippen LogP contribution in [0.4, 0.5) is 0 Å². The van der Waals surface area contributed by atoms with E-state index in [4.69, 9.17) is 14.2 Å². The number of aromatic nitrogens is 1. The van der Waals surface area contributed by atoms with Crippen LogP contribution in [0.25, 0.3) is 33.3 Å². The molecule has 3 aromatic carbocycles. The second-order valence-electron chi connectivity index (χ2n) is 7.43. The largest absolute Gasteiger partial charge is 0.496 e. The van der Waals surface area contributed by atoms with Crippen molar-refractivity contribution in [2.45, 2.75) is 13.0 Å². The number of hydrogen-bond donors (Lipinski definition) is 0. The number of nitrogens with zero attached hydrogens (tertiary/aromatic N) is 1. The fourth-order valence-electron chi connectivity index (χ4n) is 4.51. The summed E-state index contributed by atoms with van der Waals surface area (Å²) in [5.74, 6) is 2.40. The first kappa shape index (κ1) is 18.5. The van der Waals surface area contributed by atoms with E-state index >= 15 is 0 Å². The minimum absolute atomic E-state index is 0.747. The van der Waals surface area contributed by atoms with Crippen molar-refractivity contribution in [3.63, 3.8) is 0 Å². The topological polar surface area (TPSA) is 31.6 Å². The highest BCUT2D eigenvalue weighted by molar-refractivity contribution is 5.96. The molecule has 0 N–H and O–H groups in total. The van der Waals surface area contributed by atoms with Gasteiger partial charge in [-0.15, -0.1) is 0 Å². The number of hydrogen-bond acceptors (Lipinski definition) is 3. The van der Waals surface area contributed by atoms with E-state index in [0.29, 0.717) is 0 Å². The third-order valence-electron chi connectivity index (χ3n) is 5.92. The molecule has 1 aliphatic heterocycles. The minimum atomic E-state index is 0.747. The van der Waals surface area contributed by atoms with Crippen molar-refractivity contribution in [1.29, 1.82) is 0 Å². The molecule has 30 heavy (non-hydrogen) atoms. The smallest absolute Gasteiger partial charge is 0.221 e. The van der Waals surface area contributed by atoms with Crippen LogP contribution >= 0.6 is 0 Å². The van der Waals surface area contributed by atoms with Crippen LogP contribution in [0.2, 0.25) is 0 Å². The predicted octanol–water partition coefficient (Wildman–Crippen LogP) is 5.04. The number of fused-ring (bicyclic) bond motifs is 5. The average Bonchev–Trinajstić information content (AvgIpc) is 2.82. The molecule has 0 fully saturated rings. The maximum Gasteiger partial charge on any atom is 0.221 e. The molecule has 0 saturated carbocycles. The third kappa shape index (κ3) is 2.79. The second kappa shape index (κ2) is 7.38. The first-order valence-electron chi connectivity index (χ1n) is 10.1. The Kier molecular flexibility index (Phi) is 4.55. The number of pyridine rings is 1. The fraction of sp³-hybridized carbons (Fsp3) is 0.192. The lowest BCUT2D eigenvalue weighted by Gasteiger charge is -2.21. The van der Waals surface area contributed by atoms with Crippen LogP contribution in [0.15, 0.2) is 66.7 Å². The number of benzene rings is 3. The summed E-state index contributed by atoms with van der Waals surface area (Å²) in [6.45, 7) is 0.885. The molecule has 0 spiro atoms. The van der Waals surface area contributed by atoms with Crippen LogP contribution in [-0.4, -0.2) is 21.3 Å². The van der Waals surface area contributed by atoms with Crippen molar-refractivity contribution in [2.75, 3.05) is 21.3 Å². The molecular formula is C26H24NO3+. The molecule has 5 rings (SSSR count). The Hall–Kier alpha value is -3.53. The molecule has 4 nitrogen and oxygen atoms in total. The van der Waals surface area contributed by atoms with Gasteiger partial charge >= 0.3 is 0 Å². The summed E-state index contributed by atoms with van der Waals surface area (Å²) in [6.07, 6.45) is 0.924. The van der Waals surface area contributed by atoms with Gasteiger partial charge in [-0.1, -0.05) is 30.3 Å². The molecule has 0 unspecified atom stereocenters. The summed E-state index contributed by atoms with van der Waals surface area (Å²) < 4.78 is 19.3. The number of para-hydroxylation sites is 1. The number of ether oxygens (including phenoxy) is 3. The minimum Gasteiger partial charge on any atom is -0.496 e. The Morgan fingerprint density at radius 2 is 1.40 bits per heavy atom. The van der Waals surface area contributed by atoms with Crippen LogP contribution in [0.1, 0.15) is 5.56 Å².